The first-order chi connectivity index (χ1) is 13.3. The molecular formula is C20H23N5OS. The number of carbonyl (C=O) groups excluding carboxylic acids is 1. The van der Waals surface area contributed by atoms with Crippen LogP contribution in [0.5, 0.6) is 0 Å². The van der Waals surface area contributed by atoms with Crippen molar-refractivity contribution in [2.75, 3.05) is 11.1 Å². The van der Waals surface area contributed by atoms with Crippen molar-refractivity contribution in [1.29, 1.82) is 0 Å². The second-order valence-electron chi connectivity index (χ2n) is 6.16. The molecular weight excluding hydrogens is 358 g/mol. The number of tetrazole rings is 1. The van der Waals surface area contributed by atoms with Gasteiger partial charge in [-0.1, -0.05) is 55.4 Å². The van der Waals surface area contributed by atoms with Gasteiger partial charge in [0.2, 0.25) is 11.1 Å². The number of nitrogens with one attached hydrogen (secondary N) is 1. The summed E-state index contributed by atoms with van der Waals surface area (Å²) in [7, 11) is 0. The standard InChI is InChI=1S/C20H23N5OS/c1-2-3-7-16-10-12-18(13-11-16)25-20(22-23-24-25)27-15-14-19(26)21-17-8-5-4-6-9-17/h4-6,8-13H,2-3,7,14-15H2,1H3,(H,21,26). The van der Waals surface area contributed by atoms with E-state index in [0.29, 0.717) is 17.3 Å². The van der Waals surface area contributed by atoms with Crippen LogP contribution in [0.25, 0.3) is 5.69 Å². The highest BCUT2D eigenvalue weighted by Crippen LogP contribution is 2.20. The van der Waals surface area contributed by atoms with E-state index >= 15 is 0 Å². The van der Waals surface area contributed by atoms with Crippen LogP contribution in [0.3, 0.4) is 0 Å². The van der Waals surface area contributed by atoms with Crippen molar-refractivity contribution in [3.05, 3.63) is 60.2 Å². The van der Waals surface area contributed by atoms with Gasteiger partial charge in [0, 0.05) is 17.9 Å². The molecule has 0 aliphatic carbocycles. The third-order valence-electron chi connectivity index (χ3n) is 4.06. The van der Waals surface area contributed by atoms with Gasteiger partial charge in [0.15, 0.2) is 0 Å². The first kappa shape index (κ1) is 19.1. The van der Waals surface area contributed by atoms with Crippen LogP contribution in [-0.2, 0) is 11.2 Å². The van der Waals surface area contributed by atoms with E-state index in [2.05, 4.69) is 39.9 Å². The third-order valence-corrected chi connectivity index (χ3v) is 4.98. The van der Waals surface area contributed by atoms with Crippen molar-refractivity contribution >= 4 is 23.4 Å². The van der Waals surface area contributed by atoms with Crippen LogP contribution in [0.2, 0.25) is 0 Å². The van der Waals surface area contributed by atoms with Crippen molar-refractivity contribution in [1.82, 2.24) is 20.2 Å². The second kappa shape index (κ2) is 9.87. The van der Waals surface area contributed by atoms with E-state index < -0.39 is 0 Å². The highest BCUT2D eigenvalue weighted by molar-refractivity contribution is 7.99. The number of amides is 1. The molecule has 0 spiro atoms. The minimum absolute atomic E-state index is 0.0204. The van der Waals surface area contributed by atoms with Crippen molar-refractivity contribution in [3.63, 3.8) is 0 Å². The zero-order valence-electron chi connectivity index (χ0n) is 15.3. The Kier molecular flexibility index (Phi) is 6.98. The largest absolute Gasteiger partial charge is 0.326 e. The van der Waals surface area contributed by atoms with Gasteiger partial charge in [-0.3, -0.25) is 4.79 Å². The molecule has 0 saturated carbocycles. The van der Waals surface area contributed by atoms with Crippen LogP contribution in [0, 0.1) is 0 Å². The highest BCUT2D eigenvalue weighted by atomic mass is 32.2. The molecule has 0 bridgehead atoms. The first-order valence-electron chi connectivity index (χ1n) is 9.11. The summed E-state index contributed by atoms with van der Waals surface area (Å²) in [5.74, 6) is 0.584. The second-order valence-corrected chi connectivity index (χ2v) is 7.22. The minimum atomic E-state index is -0.0204. The number of nitrogens with zero attached hydrogens (tertiary/aromatic N) is 4. The van der Waals surface area contributed by atoms with Crippen molar-refractivity contribution < 1.29 is 4.79 Å². The lowest BCUT2D eigenvalue weighted by molar-refractivity contribution is -0.115. The Morgan fingerprint density at radius 3 is 2.63 bits per heavy atom. The number of para-hydroxylation sites is 1. The Morgan fingerprint density at radius 2 is 1.89 bits per heavy atom. The Balaban J connectivity index is 1.53. The maximum Gasteiger partial charge on any atom is 0.225 e. The molecule has 0 aliphatic rings. The lowest BCUT2D eigenvalue weighted by atomic mass is 10.1. The summed E-state index contributed by atoms with van der Waals surface area (Å²) in [5.41, 5.74) is 3.05. The molecule has 0 fully saturated rings. The first-order valence-corrected chi connectivity index (χ1v) is 10.1. The van der Waals surface area contributed by atoms with Gasteiger partial charge >= 0.3 is 0 Å². The van der Waals surface area contributed by atoms with Gasteiger partial charge in [-0.05, 0) is 53.1 Å². The molecule has 3 aromatic rings. The summed E-state index contributed by atoms with van der Waals surface area (Å²) >= 11 is 1.47. The zero-order chi connectivity index (χ0) is 18.9. The molecule has 6 nitrogen and oxygen atoms in total. The maximum atomic E-state index is 12.0. The maximum absolute atomic E-state index is 12.0. The average molecular weight is 382 g/mol. The number of rotatable bonds is 9. The van der Waals surface area contributed by atoms with Gasteiger partial charge in [0.1, 0.15) is 0 Å². The molecule has 1 N–H and O–H groups in total. The molecule has 7 heteroatoms. The monoisotopic (exact) mass is 381 g/mol. The van der Waals surface area contributed by atoms with Crippen molar-refractivity contribution in [2.24, 2.45) is 0 Å². The summed E-state index contributed by atoms with van der Waals surface area (Å²) in [4.78, 5) is 12.0. The van der Waals surface area contributed by atoms with Crippen LogP contribution >= 0.6 is 11.8 Å². The number of aromatic nitrogens is 4. The molecule has 3 rings (SSSR count). The summed E-state index contributed by atoms with van der Waals surface area (Å²) < 4.78 is 1.71. The SMILES string of the molecule is CCCCc1ccc(-n2nnnc2SCCC(=O)Nc2ccccc2)cc1. The van der Waals surface area contributed by atoms with Gasteiger partial charge in [-0.25, -0.2) is 0 Å². The van der Waals surface area contributed by atoms with E-state index in [9.17, 15) is 4.79 Å². The Hall–Kier alpha value is -2.67. The third kappa shape index (κ3) is 5.65. The molecule has 0 unspecified atom stereocenters. The van der Waals surface area contributed by atoms with Gasteiger partial charge in [0.25, 0.3) is 0 Å². The summed E-state index contributed by atoms with van der Waals surface area (Å²) in [6.07, 6.45) is 3.86. The van der Waals surface area contributed by atoms with Gasteiger partial charge in [0.05, 0.1) is 5.69 Å². The van der Waals surface area contributed by atoms with E-state index in [0.717, 1.165) is 17.8 Å². The van der Waals surface area contributed by atoms with Gasteiger partial charge in [-0.15, -0.1) is 5.10 Å². The lowest BCUT2D eigenvalue weighted by Crippen LogP contribution is -2.12. The van der Waals surface area contributed by atoms with E-state index in [1.54, 1.807) is 4.68 Å². The predicted molar refractivity (Wildman–Crippen MR) is 108 cm³/mol. The van der Waals surface area contributed by atoms with E-state index in [-0.39, 0.29) is 5.91 Å². The minimum Gasteiger partial charge on any atom is -0.326 e. The number of carbonyl (C=O) groups is 1. The van der Waals surface area contributed by atoms with Crippen molar-refractivity contribution in [2.45, 2.75) is 37.8 Å². The molecule has 0 saturated heterocycles. The number of hydrogen-bond acceptors (Lipinski definition) is 5. The van der Waals surface area contributed by atoms with Crippen LogP contribution < -0.4 is 5.32 Å². The Morgan fingerprint density at radius 1 is 1.11 bits per heavy atom. The number of aryl methyl sites for hydroxylation is 1. The smallest absolute Gasteiger partial charge is 0.225 e. The summed E-state index contributed by atoms with van der Waals surface area (Å²) in [6.45, 7) is 2.19. The quantitative estimate of drug-likeness (QED) is 0.564. The number of anilines is 1. The molecule has 140 valence electrons. The van der Waals surface area contributed by atoms with Crippen LogP contribution in [0.1, 0.15) is 31.7 Å². The fraction of sp³-hybridized carbons (Fsp3) is 0.300. The zero-order valence-corrected chi connectivity index (χ0v) is 16.2. The normalized spacial score (nSPS) is 10.7. The van der Waals surface area contributed by atoms with Crippen LogP contribution in [0.15, 0.2) is 59.8 Å². The number of hydrogen-bond donors (Lipinski definition) is 1. The molecule has 0 aliphatic heterocycles. The Labute approximate surface area is 163 Å². The summed E-state index contributed by atoms with van der Waals surface area (Å²) in [5, 5.41) is 15.5. The van der Waals surface area contributed by atoms with E-state index in [4.69, 9.17) is 0 Å². The van der Waals surface area contributed by atoms with Gasteiger partial charge in [-0.2, -0.15) is 4.68 Å². The average Bonchev–Trinajstić information content (AvgIpc) is 3.16. The number of thioether (sulfide) groups is 1. The molecule has 0 atom stereocenters. The van der Waals surface area contributed by atoms with Crippen molar-refractivity contribution in [3.8, 4) is 5.69 Å². The topological polar surface area (TPSA) is 72.7 Å². The lowest BCUT2D eigenvalue weighted by Gasteiger charge is -2.06. The number of unbranched alkanes of at least 4 members (excludes halogenated alkanes) is 1. The Bertz CT molecular complexity index is 848. The number of benzene rings is 2. The van der Waals surface area contributed by atoms with Crippen LogP contribution in [-0.4, -0.2) is 31.9 Å². The molecule has 2 aromatic carbocycles. The predicted octanol–water partition coefficient (Wildman–Crippen LogP) is 4.13. The fourth-order valence-corrected chi connectivity index (χ4v) is 3.42. The molecule has 0 radical (unpaired) electrons. The van der Waals surface area contributed by atoms with Crippen LogP contribution in [0.4, 0.5) is 5.69 Å². The van der Waals surface area contributed by atoms with E-state index in [1.807, 2.05) is 42.5 Å². The van der Waals surface area contributed by atoms with E-state index in [1.165, 1.54) is 30.2 Å². The molecule has 1 amide bonds. The fourth-order valence-electron chi connectivity index (χ4n) is 2.60. The highest BCUT2D eigenvalue weighted by Gasteiger charge is 2.10. The molecule has 1 heterocycles. The molecule has 27 heavy (non-hydrogen) atoms. The summed E-state index contributed by atoms with van der Waals surface area (Å²) in [6, 6.07) is 17.8. The van der Waals surface area contributed by atoms with Gasteiger partial charge < -0.3 is 5.32 Å². The molecule has 1 aromatic heterocycles.